The minimum atomic E-state index is -0.106. The topological polar surface area (TPSA) is 73.4 Å². The van der Waals surface area contributed by atoms with Crippen LogP contribution >= 0.6 is 60.2 Å². The van der Waals surface area contributed by atoms with Crippen LogP contribution in [0.25, 0.3) is 20.7 Å². The zero-order valence-electron chi connectivity index (χ0n) is 19.9. The largest absolute Gasteiger partial charge is 0.355 e. The molecular weight excluding hydrogens is 550 g/mol. The molecule has 3 heterocycles. The summed E-state index contributed by atoms with van der Waals surface area (Å²) in [6, 6.07) is 8.31. The van der Waals surface area contributed by atoms with Gasteiger partial charge < -0.3 is 20.4 Å². The molecule has 0 unspecified atom stereocenters. The Balaban J connectivity index is 0.00000204. The fourth-order valence-corrected chi connectivity index (χ4v) is 5.31. The number of hydrogen-bond acceptors (Lipinski definition) is 7. The molecule has 1 amide bonds. The Hall–Kier alpha value is -1.39. The van der Waals surface area contributed by atoms with Crippen LogP contribution in [0.5, 0.6) is 0 Å². The van der Waals surface area contributed by atoms with E-state index in [-0.39, 0.29) is 43.1 Å². The highest BCUT2D eigenvalue weighted by Crippen LogP contribution is 2.37. The first kappa shape index (κ1) is 31.6. The van der Waals surface area contributed by atoms with Crippen LogP contribution in [0.4, 0.5) is 5.95 Å². The van der Waals surface area contributed by atoms with Gasteiger partial charge >= 0.3 is 0 Å². The van der Waals surface area contributed by atoms with Crippen molar-refractivity contribution in [1.82, 2.24) is 25.1 Å². The van der Waals surface area contributed by atoms with Gasteiger partial charge in [-0.15, -0.1) is 48.6 Å². The van der Waals surface area contributed by atoms with Gasteiger partial charge in [-0.2, -0.15) is 0 Å². The summed E-state index contributed by atoms with van der Waals surface area (Å²) in [4.78, 5) is 27.1. The highest BCUT2D eigenvalue weighted by molar-refractivity contribution is 7.22. The molecule has 1 aliphatic rings. The summed E-state index contributed by atoms with van der Waals surface area (Å²) in [5.74, 6) is 0.464. The normalized spacial score (nSPS) is 16.1. The van der Waals surface area contributed by atoms with E-state index >= 15 is 0 Å². The van der Waals surface area contributed by atoms with Crippen LogP contribution in [0.2, 0.25) is 5.02 Å². The van der Waals surface area contributed by atoms with Crippen LogP contribution in [-0.4, -0.2) is 78.5 Å². The lowest BCUT2D eigenvalue weighted by Crippen LogP contribution is -2.50. The van der Waals surface area contributed by atoms with E-state index in [2.05, 4.69) is 44.4 Å². The molecule has 194 valence electrons. The third-order valence-electron chi connectivity index (χ3n) is 5.99. The van der Waals surface area contributed by atoms with Crippen LogP contribution in [0.1, 0.15) is 23.7 Å². The Kier molecular flexibility index (Phi) is 13.0. The van der Waals surface area contributed by atoms with Crippen molar-refractivity contribution in [3.63, 3.8) is 0 Å². The van der Waals surface area contributed by atoms with Crippen molar-refractivity contribution in [3.8, 4) is 10.6 Å². The summed E-state index contributed by atoms with van der Waals surface area (Å²) < 4.78 is 1.02. The van der Waals surface area contributed by atoms with Crippen molar-refractivity contribution >= 4 is 82.1 Å². The predicted molar refractivity (Wildman–Crippen MR) is 155 cm³/mol. The number of nitrogens with zero attached hydrogens (tertiary/aromatic N) is 4. The molecule has 35 heavy (non-hydrogen) atoms. The van der Waals surface area contributed by atoms with Crippen molar-refractivity contribution in [1.29, 1.82) is 0 Å². The molecule has 7 nitrogen and oxygen atoms in total. The molecule has 0 spiro atoms. The summed E-state index contributed by atoms with van der Waals surface area (Å²) in [6.45, 7) is 7.49. The fourth-order valence-electron chi connectivity index (χ4n) is 3.97. The number of thiophene rings is 1. The van der Waals surface area contributed by atoms with E-state index in [0.717, 1.165) is 54.1 Å². The molecule has 1 atom stereocenters. The first-order valence-electron chi connectivity index (χ1n) is 10.9. The Morgan fingerprint density at radius 2 is 2.03 bits per heavy atom. The van der Waals surface area contributed by atoms with E-state index in [9.17, 15) is 4.79 Å². The molecule has 2 N–H and O–H groups in total. The van der Waals surface area contributed by atoms with Gasteiger partial charge in [0.2, 0.25) is 5.95 Å². The van der Waals surface area contributed by atoms with Crippen molar-refractivity contribution in [2.24, 2.45) is 0 Å². The van der Waals surface area contributed by atoms with Gasteiger partial charge in [0.1, 0.15) is 5.69 Å². The number of nitrogens with one attached hydrogen (secondary N) is 2. The molecule has 0 radical (unpaired) electrons. The molecule has 0 bridgehead atoms. The van der Waals surface area contributed by atoms with E-state index < -0.39 is 0 Å². The molecule has 1 fully saturated rings. The highest BCUT2D eigenvalue weighted by Gasteiger charge is 2.20. The van der Waals surface area contributed by atoms with Gasteiger partial charge in [0.05, 0.1) is 16.1 Å². The number of rotatable bonds is 7. The minimum absolute atomic E-state index is 0. The molecular formula is C23H32Cl4N6OS. The van der Waals surface area contributed by atoms with Crippen LogP contribution < -0.4 is 10.6 Å². The molecule has 12 heteroatoms. The Labute approximate surface area is 234 Å². The maximum absolute atomic E-state index is 12.2. The minimum Gasteiger partial charge on any atom is -0.355 e. The maximum atomic E-state index is 12.2. The number of amides is 1. The Bertz CT molecular complexity index is 1110. The van der Waals surface area contributed by atoms with Crippen LogP contribution in [0.15, 0.2) is 30.5 Å². The number of halogens is 4. The van der Waals surface area contributed by atoms with Crippen molar-refractivity contribution in [2.75, 3.05) is 52.1 Å². The number of carbonyl (C=O) groups excluding carboxylic acids is 1. The van der Waals surface area contributed by atoms with Gasteiger partial charge in [-0.1, -0.05) is 17.7 Å². The molecule has 2 aromatic heterocycles. The summed E-state index contributed by atoms with van der Waals surface area (Å²) >= 11 is 8.01. The van der Waals surface area contributed by atoms with Crippen LogP contribution in [-0.2, 0) is 0 Å². The molecule has 1 aliphatic heterocycles. The lowest BCUT2D eigenvalue weighted by atomic mass is 10.1. The summed E-state index contributed by atoms with van der Waals surface area (Å²) in [7, 11) is 3.83. The Morgan fingerprint density at radius 1 is 1.26 bits per heavy atom. The van der Waals surface area contributed by atoms with Gasteiger partial charge in [0.15, 0.2) is 0 Å². The molecule has 0 aliphatic carbocycles. The van der Waals surface area contributed by atoms with Crippen molar-refractivity contribution in [3.05, 3.63) is 41.0 Å². The number of carbonyl (C=O) groups is 1. The van der Waals surface area contributed by atoms with E-state index in [4.69, 9.17) is 11.6 Å². The standard InChI is InChI=1S/C23H29ClN6OS.3ClH/c1-15-14-30(11-10-29(15)3)9-5-8-26-23-27-13-18(24)21(28-23)20-12-17-16(22(31)25-2)6-4-7-19(17)32-20;;;/h4,6-7,12-13,15H,5,8-11,14H2,1-3H3,(H,25,31)(H,26,27,28);3*1H/t15-;;;/m0.../s1. The zero-order valence-corrected chi connectivity index (χ0v) is 23.9. The maximum Gasteiger partial charge on any atom is 0.251 e. The Morgan fingerprint density at radius 3 is 2.74 bits per heavy atom. The van der Waals surface area contributed by atoms with Gasteiger partial charge in [0, 0.05) is 54.9 Å². The molecule has 0 saturated carbocycles. The van der Waals surface area contributed by atoms with Gasteiger partial charge in [-0.3, -0.25) is 4.79 Å². The van der Waals surface area contributed by atoms with Crippen LogP contribution in [0.3, 0.4) is 0 Å². The molecule has 3 aromatic rings. The lowest BCUT2D eigenvalue weighted by molar-refractivity contribution is 0.0964. The average Bonchev–Trinajstić information content (AvgIpc) is 3.23. The molecule has 1 aromatic carbocycles. The van der Waals surface area contributed by atoms with Crippen LogP contribution in [0, 0.1) is 0 Å². The third-order valence-corrected chi connectivity index (χ3v) is 7.37. The van der Waals surface area contributed by atoms with E-state index in [1.165, 1.54) is 0 Å². The van der Waals surface area contributed by atoms with E-state index in [0.29, 0.717) is 28.3 Å². The number of piperazine rings is 1. The smallest absolute Gasteiger partial charge is 0.251 e. The molecule has 1 saturated heterocycles. The summed E-state index contributed by atoms with van der Waals surface area (Å²) in [5.41, 5.74) is 1.33. The van der Waals surface area contributed by atoms with E-state index in [1.807, 2.05) is 24.3 Å². The third kappa shape index (κ3) is 7.55. The quantitative estimate of drug-likeness (QED) is 0.379. The van der Waals surface area contributed by atoms with Crippen molar-refractivity contribution in [2.45, 2.75) is 19.4 Å². The summed E-state index contributed by atoms with van der Waals surface area (Å²) in [6.07, 6.45) is 2.66. The second-order valence-electron chi connectivity index (χ2n) is 8.21. The number of likely N-dealkylation sites (N-methyl/N-ethyl adjacent to an activating group) is 1. The number of fused-ring (bicyclic) bond motifs is 1. The zero-order chi connectivity index (χ0) is 22.7. The van der Waals surface area contributed by atoms with E-state index in [1.54, 1.807) is 24.6 Å². The monoisotopic (exact) mass is 580 g/mol. The van der Waals surface area contributed by atoms with Gasteiger partial charge in [-0.05, 0) is 45.1 Å². The van der Waals surface area contributed by atoms with Crippen molar-refractivity contribution < 1.29 is 4.79 Å². The number of aromatic nitrogens is 2. The van der Waals surface area contributed by atoms with Gasteiger partial charge in [0.25, 0.3) is 5.91 Å². The highest BCUT2D eigenvalue weighted by atomic mass is 35.5. The van der Waals surface area contributed by atoms with Gasteiger partial charge in [-0.25, -0.2) is 9.97 Å². The lowest BCUT2D eigenvalue weighted by Gasteiger charge is -2.37. The second-order valence-corrected chi connectivity index (χ2v) is 9.70. The fraction of sp³-hybridized carbons (Fsp3) is 0.435. The number of benzene rings is 1. The predicted octanol–water partition coefficient (Wildman–Crippen LogP) is 5.07. The summed E-state index contributed by atoms with van der Waals surface area (Å²) in [5, 5.41) is 7.43. The molecule has 4 rings (SSSR count). The average molecular weight is 582 g/mol. The first-order chi connectivity index (χ1) is 15.5. The first-order valence-corrected chi connectivity index (χ1v) is 12.1. The number of hydrogen-bond donors (Lipinski definition) is 2. The number of anilines is 1. The SMILES string of the molecule is CNC(=O)c1cccc2sc(-c3nc(NCCCN4CCN(C)[C@@H](C)C4)ncc3Cl)cc12.Cl.Cl.Cl. The second kappa shape index (κ2) is 14.4.